The third-order valence-electron chi connectivity index (χ3n) is 3.05. The van der Waals surface area contributed by atoms with Gasteiger partial charge in [0, 0.05) is 29.9 Å². The maximum Gasteiger partial charge on any atom is 0.128 e. The largest absolute Gasteiger partial charge is 0.358 e. The quantitative estimate of drug-likeness (QED) is 0.789. The topological polar surface area (TPSA) is 19.4 Å². The Balaban J connectivity index is 1.82. The minimum absolute atomic E-state index is 1.06. The van der Waals surface area contributed by atoms with Crippen LogP contribution >= 0.6 is 22.6 Å². The van der Waals surface area contributed by atoms with Crippen molar-refractivity contribution in [1.82, 2.24) is 9.88 Å². The lowest BCUT2D eigenvalue weighted by Crippen LogP contribution is -2.31. The molecule has 0 bridgehead atoms. The van der Waals surface area contributed by atoms with Gasteiger partial charge in [-0.15, -0.1) is 0 Å². The standard InChI is InChI=1S/C12H18IN3/c1-15(8-9-16-6-2-3-7-16)12-5-4-11(13)10-14-12/h4-5,10H,2-3,6-9H2,1H3. The molecule has 2 rings (SSSR count). The highest BCUT2D eigenvalue weighted by molar-refractivity contribution is 14.1. The van der Waals surface area contributed by atoms with E-state index in [9.17, 15) is 0 Å². The van der Waals surface area contributed by atoms with Crippen LogP contribution in [0, 0.1) is 3.57 Å². The number of rotatable bonds is 4. The molecule has 0 saturated carbocycles. The maximum atomic E-state index is 4.42. The Morgan fingerprint density at radius 2 is 2.12 bits per heavy atom. The molecule has 3 nitrogen and oxygen atoms in total. The Bertz CT molecular complexity index is 320. The van der Waals surface area contributed by atoms with Crippen molar-refractivity contribution < 1.29 is 0 Å². The molecule has 0 N–H and O–H groups in total. The van der Waals surface area contributed by atoms with Gasteiger partial charge in [-0.05, 0) is 60.7 Å². The Morgan fingerprint density at radius 1 is 1.38 bits per heavy atom. The minimum atomic E-state index is 1.06. The Hall–Kier alpha value is -0.360. The van der Waals surface area contributed by atoms with Gasteiger partial charge in [-0.3, -0.25) is 0 Å². The van der Waals surface area contributed by atoms with E-state index in [-0.39, 0.29) is 0 Å². The van der Waals surface area contributed by atoms with Crippen LogP contribution in [0.5, 0.6) is 0 Å². The molecule has 1 saturated heterocycles. The van der Waals surface area contributed by atoms with Crippen molar-refractivity contribution in [2.24, 2.45) is 0 Å². The van der Waals surface area contributed by atoms with Crippen LogP contribution < -0.4 is 4.90 Å². The highest BCUT2D eigenvalue weighted by atomic mass is 127. The molecular weight excluding hydrogens is 313 g/mol. The number of halogens is 1. The number of hydrogen-bond acceptors (Lipinski definition) is 3. The van der Waals surface area contributed by atoms with Crippen molar-refractivity contribution in [3.05, 3.63) is 21.9 Å². The van der Waals surface area contributed by atoms with Crippen LogP contribution in [0.1, 0.15) is 12.8 Å². The Kier molecular flexibility index (Phi) is 4.40. The predicted molar refractivity (Wildman–Crippen MR) is 75.9 cm³/mol. The Labute approximate surface area is 111 Å². The molecular formula is C12H18IN3. The molecule has 0 radical (unpaired) electrons. The zero-order valence-electron chi connectivity index (χ0n) is 9.69. The number of likely N-dealkylation sites (N-methyl/N-ethyl adjacent to an activating group) is 1. The average molecular weight is 331 g/mol. The Morgan fingerprint density at radius 3 is 2.75 bits per heavy atom. The van der Waals surface area contributed by atoms with Crippen molar-refractivity contribution >= 4 is 28.4 Å². The van der Waals surface area contributed by atoms with Crippen LogP contribution in [0.15, 0.2) is 18.3 Å². The summed E-state index contributed by atoms with van der Waals surface area (Å²) in [5.74, 6) is 1.07. The molecule has 0 amide bonds. The van der Waals surface area contributed by atoms with E-state index in [1.165, 1.54) is 29.5 Å². The summed E-state index contributed by atoms with van der Waals surface area (Å²) in [5, 5.41) is 0. The number of hydrogen-bond donors (Lipinski definition) is 0. The van der Waals surface area contributed by atoms with Gasteiger partial charge in [-0.25, -0.2) is 4.98 Å². The van der Waals surface area contributed by atoms with Gasteiger partial charge in [0.15, 0.2) is 0 Å². The van der Waals surface area contributed by atoms with Gasteiger partial charge in [-0.2, -0.15) is 0 Å². The summed E-state index contributed by atoms with van der Waals surface area (Å²) in [6.45, 7) is 4.76. The molecule has 2 heterocycles. The van der Waals surface area contributed by atoms with Crippen molar-refractivity contribution in [2.75, 3.05) is 38.1 Å². The van der Waals surface area contributed by atoms with Crippen molar-refractivity contribution in [3.8, 4) is 0 Å². The van der Waals surface area contributed by atoms with E-state index in [0.29, 0.717) is 0 Å². The predicted octanol–water partition coefficient (Wildman–Crippen LogP) is 2.22. The lowest BCUT2D eigenvalue weighted by molar-refractivity contribution is 0.346. The molecule has 0 atom stereocenters. The van der Waals surface area contributed by atoms with Crippen molar-refractivity contribution in [2.45, 2.75) is 12.8 Å². The molecule has 1 aliphatic heterocycles. The first-order chi connectivity index (χ1) is 7.75. The summed E-state index contributed by atoms with van der Waals surface area (Å²) in [4.78, 5) is 9.18. The number of aromatic nitrogens is 1. The number of likely N-dealkylation sites (tertiary alicyclic amines) is 1. The summed E-state index contributed by atoms with van der Waals surface area (Å²) in [6.07, 6.45) is 4.65. The maximum absolute atomic E-state index is 4.42. The summed E-state index contributed by atoms with van der Waals surface area (Å²) < 4.78 is 1.19. The zero-order chi connectivity index (χ0) is 11.4. The summed E-state index contributed by atoms with van der Waals surface area (Å²) >= 11 is 2.28. The molecule has 88 valence electrons. The third kappa shape index (κ3) is 3.31. The molecule has 0 spiro atoms. The molecule has 0 aliphatic carbocycles. The molecule has 0 aromatic carbocycles. The second-order valence-electron chi connectivity index (χ2n) is 4.30. The normalized spacial score (nSPS) is 16.6. The third-order valence-corrected chi connectivity index (χ3v) is 3.69. The highest BCUT2D eigenvalue weighted by Gasteiger charge is 2.12. The van der Waals surface area contributed by atoms with Crippen LogP contribution in [0.3, 0.4) is 0 Å². The van der Waals surface area contributed by atoms with E-state index >= 15 is 0 Å². The molecule has 1 fully saturated rings. The first-order valence-electron chi connectivity index (χ1n) is 5.81. The summed E-state index contributed by atoms with van der Waals surface area (Å²) in [5.41, 5.74) is 0. The van der Waals surface area contributed by atoms with Crippen LogP contribution in [0.4, 0.5) is 5.82 Å². The fraction of sp³-hybridized carbons (Fsp3) is 0.583. The number of nitrogens with zero attached hydrogens (tertiary/aromatic N) is 3. The number of pyridine rings is 1. The molecule has 1 aromatic heterocycles. The summed E-state index contributed by atoms with van der Waals surface area (Å²) in [7, 11) is 2.12. The van der Waals surface area contributed by atoms with Gasteiger partial charge >= 0.3 is 0 Å². The van der Waals surface area contributed by atoms with E-state index in [4.69, 9.17) is 0 Å². The van der Waals surface area contributed by atoms with Gasteiger partial charge in [0.2, 0.25) is 0 Å². The van der Waals surface area contributed by atoms with Gasteiger partial charge in [0.1, 0.15) is 5.82 Å². The molecule has 16 heavy (non-hydrogen) atoms. The first-order valence-corrected chi connectivity index (χ1v) is 6.88. The first kappa shape index (κ1) is 12.1. The lowest BCUT2D eigenvalue weighted by Gasteiger charge is -2.22. The fourth-order valence-electron chi connectivity index (χ4n) is 2.01. The SMILES string of the molecule is CN(CCN1CCCC1)c1ccc(I)cn1. The van der Waals surface area contributed by atoms with Crippen LogP contribution in [0.2, 0.25) is 0 Å². The van der Waals surface area contributed by atoms with Crippen LogP contribution in [-0.2, 0) is 0 Å². The van der Waals surface area contributed by atoms with Crippen LogP contribution in [-0.4, -0.2) is 43.1 Å². The van der Waals surface area contributed by atoms with E-state index in [0.717, 1.165) is 18.9 Å². The van der Waals surface area contributed by atoms with Gasteiger partial charge in [0.05, 0.1) is 0 Å². The minimum Gasteiger partial charge on any atom is -0.358 e. The smallest absolute Gasteiger partial charge is 0.128 e. The second-order valence-corrected chi connectivity index (χ2v) is 5.55. The lowest BCUT2D eigenvalue weighted by atomic mass is 10.4. The van der Waals surface area contributed by atoms with E-state index in [2.05, 4.69) is 56.6 Å². The van der Waals surface area contributed by atoms with E-state index in [1.807, 2.05) is 6.20 Å². The van der Waals surface area contributed by atoms with E-state index in [1.54, 1.807) is 0 Å². The van der Waals surface area contributed by atoms with Crippen LogP contribution in [0.25, 0.3) is 0 Å². The second kappa shape index (κ2) is 5.82. The van der Waals surface area contributed by atoms with Crippen molar-refractivity contribution in [3.63, 3.8) is 0 Å². The molecule has 1 aliphatic rings. The number of anilines is 1. The molecule has 0 unspecified atom stereocenters. The highest BCUT2D eigenvalue weighted by Crippen LogP contribution is 2.12. The monoisotopic (exact) mass is 331 g/mol. The molecule has 4 heteroatoms. The van der Waals surface area contributed by atoms with Crippen molar-refractivity contribution in [1.29, 1.82) is 0 Å². The fourth-order valence-corrected chi connectivity index (χ4v) is 2.33. The van der Waals surface area contributed by atoms with Gasteiger partial charge < -0.3 is 9.80 Å². The van der Waals surface area contributed by atoms with Gasteiger partial charge in [0.25, 0.3) is 0 Å². The zero-order valence-corrected chi connectivity index (χ0v) is 11.9. The molecule has 1 aromatic rings. The van der Waals surface area contributed by atoms with E-state index < -0.39 is 0 Å². The average Bonchev–Trinajstić information content (AvgIpc) is 2.80. The van der Waals surface area contributed by atoms with Gasteiger partial charge in [-0.1, -0.05) is 0 Å². The summed E-state index contributed by atoms with van der Waals surface area (Å²) in [6, 6.07) is 4.20.